The van der Waals surface area contributed by atoms with Crippen molar-refractivity contribution in [3.63, 3.8) is 0 Å². The van der Waals surface area contributed by atoms with Gasteiger partial charge < -0.3 is 4.74 Å². The van der Waals surface area contributed by atoms with E-state index in [4.69, 9.17) is 51.1 Å². The molecule has 2 aromatic carbocycles. The lowest BCUT2D eigenvalue weighted by Crippen LogP contribution is -2.11. The van der Waals surface area contributed by atoms with Crippen molar-refractivity contribution < 1.29 is 22.7 Å². The number of alkyl halides is 3. The van der Waals surface area contributed by atoms with Gasteiger partial charge in [0.1, 0.15) is 11.6 Å². The molecule has 0 spiro atoms. The van der Waals surface area contributed by atoms with Gasteiger partial charge >= 0.3 is 12.1 Å². The summed E-state index contributed by atoms with van der Waals surface area (Å²) in [5.74, 6) is -2.09. The Balaban J connectivity index is 1.78. The van der Waals surface area contributed by atoms with Crippen molar-refractivity contribution in [2.75, 3.05) is 0 Å². The van der Waals surface area contributed by atoms with E-state index >= 15 is 0 Å². The normalized spacial score (nSPS) is 20.5. The monoisotopic (exact) mass is 510 g/mol. The van der Waals surface area contributed by atoms with Crippen LogP contribution in [-0.4, -0.2) is 12.1 Å². The van der Waals surface area contributed by atoms with E-state index in [1.165, 1.54) is 0 Å². The molecule has 2 atom stereocenters. The number of hydrogen-bond acceptors (Lipinski definition) is 2. The van der Waals surface area contributed by atoms with Gasteiger partial charge in [0, 0.05) is 26.7 Å². The molecule has 2 nitrogen and oxygen atoms in total. The van der Waals surface area contributed by atoms with Gasteiger partial charge in [-0.15, -0.1) is 0 Å². The van der Waals surface area contributed by atoms with Gasteiger partial charge in [-0.05, 0) is 23.5 Å². The van der Waals surface area contributed by atoms with Gasteiger partial charge in [-0.1, -0.05) is 90.6 Å². The quantitative estimate of drug-likeness (QED) is 0.377. The SMILES string of the molecule is CC1(C)C(/C=C(\Cl)C(F)(F)F)C1C(=O)OCc1c(Cl)ccc(-c2ccccc2Cl)c1Cl. The third kappa shape index (κ3) is 5.00. The second-order valence-electron chi connectivity index (χ2n) is 7.81. The molecule has 1 aliphatic rings. The highest BCUT2D eigenvalue weighted by Gasteiger charge is 2.62. The minimum Gasteiger partial charge on any atom is -0.460 e. The highest BCUT2D eigenvalue weighted by molar-refractivity contribution is 6.39. The van der Waals surface area contributed by atoms with Gasteiger partial charge in [-0.3, -0.25) is 4.79 Å². The molecular formula is C22H17Cl4F3O2. The van der Waals surface area contributed by atoms with Crippen LogP contribution in [0, 0.1) is 17.3 Å². The maximum absolute atomic E-state index is 12.7. The van der Waals surface area contributed by atoms with E-state index in [1.807, 2.05) is 0 Å². The number of allylic oxidation sites excluding steroid dienone is 2. The van der Waals surface area contributed by atoms with Crippen LogP contribution >= 0.6 is 46.4 Å². The average molecular weight is 512 g/mol. The van der Waals surface area contributed by atoms with Crippen molar-refractivity contribution >= 4 is 52.4 Å². The molecule has 1 fully saturated rings. The average Bonchev–Trinajstić information content (AvgIpc) is 3.21. The Morgan fingerprint density at radius 3 is 2.32 bits per heavy atom. The number of hydrogen-bond donors (Lipinski definition) is 0. The highest BCUT2D eigenvalue weighted by Crippen LogP contribution is 2.60. The van der Waals surface area contributed by atoms with Gasteiger partial charge in [-0.2, -0.15) is 13.2 Å². The van der Waals surface area contributed by atoms with E-state index in [1.54, 1.807) is 50.2 Å². The first-order chi connectivity index (χ1) is 14.4. The summed E-state index contributed by atoms with van der Waals surface area (Å²) in [6.07, 6.45) is -3.79. The summed E-state index contributed by atoms with van der Waals surface area (Å²) < 4.78 is 43.6. The van der Waals surface area contributed by atoms with Crippen LogP contribution in [0.5, 0.6) is 0 Å². The largest absolute Gasteiger partial charge is 0.460 e. The number of rotatable bonds is 5. The Morgan fingerprint density at radius 2 is 1.71 bits per heavy atom. The van der Waals surface area contributed by atoms with Crippen LogP contribution in [0.1, 0.15) is 19.4 Å². The Labute approximate surface area is 197 Å². The molecule has 0 saturated heterocycles. The summed E-state index contributed by atoms with van der Waals surface area (Å²) in [6, 6.07) is 10.4. The van der Waals surface area contributed by atoms with Crippen LogP contribution < -0.4 is 0 Å². The predicted molar refractivity (Wildman–Crippen MR) is 117 cm³/mol. The predicted octanol–water partition coefficient (Wildman–Crippen LogP) is 8.31. The van der Waals surface area contributed by atoms with E-state index in [0.717, 1.165) is 6.08 Å². The maximum Gasteiger partial charge on any atom is 0.426 e. The van der Waals surface area contributed by atoms with E-state index < -0.39 is 34.4 Å². The molecule has 1 saturated carbocycles. The Kier molecular flexibility index (Phi) is 6.93. The third-order valence-corrected chi connectivity index (χ3v) is 6.93. The fourth-order valence-electron chi connectivity index (χ4n) is 3.54. The van der Waals surface area contributed by atoms with Crippen molar-refractivity contribution in [2.45, 2.75) is 26.6 Å². The lowest BCUT2D eigenvalue weighted by Gasteiger charge is -2.13. The maximum atomic E-state index is 12.7. The summed E-state index contributed by atoms with van der Waals surface area (Å²) in [7, 11) is 0. The molecule has 3 rings (SSSR count). The first-order valence-electron chi connectivity index (χ1n) is 9.18. The van der Waals surface area contributed by atoms with Crippen molar-refractivity contribution in [2.24, 2.45) is 17.3 Å². The zero-order chi connectivity index (χ0) is 23.1. The molecule has 0 heterocycles. The summed E-state index contributed by atoms with van der Waals surface area (Å²) >= 11 is 24.3. The molecule has 2 aromatic rings. The topological polar surface area (TPSA) is 26.3 Å². The molecule has 0 amide bonds. The van der Waals surface area contributed by atoms with Crippen LogP contribution in [0.15, 0.2) is 47.5 Å². The first-order valence-corrected chi connectivity index (χ1v) is 10.7. The van der Waals surface area contributed by atoms with Gasteiger partial charge in [0.2, 0.25) is 0 Å². The van der Waals surface area contributed by atoms with Gasteiger partial charge in [-0.25, -0.2) is 0 Å². The molecule has 0 aliphatic heterocycles. The van der Waals surface area contributed by atoms with Crippen LogP contribution in [0.4, 0.5) is 13.2 Å². The smallest absolute Gasteiger partial charge is 0.426 e. The zero-order valence-electron chi connectivity index (χ0n) is 16.4. The molecule has 0 aromatic heterocycles. The molecule has 9 heteroatoms. The summed E-state index contributed by atoms with van der Waals surface area (Å²) in [5, 5.41) is -0.190. The lowest BCUT2D eigenvalue weighted by atomic mass is 10.0. The van der Waals surface area contributed by atoms with Gasteiger partial charge in [0.15, 0.2) is 0 Å². The molecule has 1 aliphatic carbocycles. The van der Waals surface area contributed by atoms with Gasteiger partial charge in [0.05, 0.1) is 10.9 Å². The second kappa shape index (κ2) is 8.86. The van der Waals surface area contributed by atoms with Crippen molar-refractivity contribution in [1.29, 1.82) is 0 Å². The Hall–Kier alpha value is -1.40. The van der Waals surface area contributed by atoms with E-state index in [-0.39, 0.29) is 11.6 Å². The van der Waals surface area contributed by atoms with E-state index in [2.05, 4.69) is 0 Å². The minimum absolute atomic E-state index is 0.231. The molecule has 31 heavy (non-hydrogen) atoms. The number of ether oxygens (including phenoxy) is 1. The number of carbonyl (C=O) groups is 1. The number of benzene rings is 2. The summed E-state index contributed by atoms with van der Waals surface area (Å²) in [4.78, 5) is 12.6. The Morgan fingerprint density at radius 1 is 1.06 bits per heavy atom. The second-order valence-corrected chi connectivity index (χ2v) is 9.41. The number of esters is 1. The molecule has 2 unspecified atom stereocenters. The van der Waals surface area contributed by atoms with Crippen molar-refractivity contribution in [1.82, 2.24) is 0 Å². The third-order valence-electron chi connectivity index (χ3n) is 5.47. The number of halogens is 7. The molecular weight excluding hydrogens is 495 g/mol. The van der Waals surface area contributed by atoms with Gasteiger partial charge in [0.25, 0.3) is 0 Å². The summed E-state index contributed by atoms with van der Waals surface area (Å²) in [6.45, 7) is 3.13. The summed E-state index contributed by atoms with van der Waals surface area (Å²) in [5.41, 5.74) is 0.976. The van der Waals surface area contributed by atoms with E-state index in [9.17, 15) is 18.0 Å². The highest BCUT2D eigenvalue weighted by atomic mass is 35.5. The van der Waals surface area contributed by atoms with Crippen LogP contribution in [0.2, 0.25) is 15.1 Å². The first kappa shape index (κ1) is 24.2. The van der Waals surface area contributed by atoms with Crippen LogP contribution in [0.25, 0.3) is 11.1 Å². The fourth-order valence-corrected chi connectivity index (χ4v) is 4.50. The minimum atomic E-state index is -4.66. The van der Waals surface area contributed by atoms with E-state index in [0.29, 0.717) is 26.7 Å². The molecule has 166 valence electrons. The standard InChI is InChI=1S/C22H17Cl4F3O2/c1-21(2)14(9-17(25)22(27,28)29)18(21)20(30)31-10-13-16(24)8-7-12(19(13)26)11-5-3-4-6-15(11)23/h3-9,14,18H,10H2,1-2H3/b17-9-. The molecule has 0 bridgehead atoms. The van der Waals surface area contributed by atoms with Crippen molar-refractivity contribution in [3.05, 3.63) is 68.1 Å². The van der Waals surface area contributed by atoms with Crippen molar-refractivity contribution in [3.8, 4) is 11.1 Å². The van der Waals surface area contributed by atoms with Crippen LogP contribution in [-0.2, 0) is 16.1 Å². The zero-order valence-corrected chi connectivity index (χ0v) is 19.4. The fraction of sp³-hybridized carbons (Fsp3) is 0.318. The molecule has 0 N–H and O–H groups in total. The Bertz CT molecular complexity index is 1050. The number of carbonyl (C=O) groups excluding carboxylic acids is 1. The lowest BCUT2D eigenvalue weighted by molar-refractivity contribution is -0.147. The van der Waals surface area contributed by atoms with Crippen LogP contribution in [0.3, 0.4) is 0 Å². The molecule has 0 radical (unpaired) electrons.